The van der Waals surface area contributed by atoms with Crippen LogP contribution in [0.4, 0.5) is 0 Å². The molecule has 0 fully saturated rings. The highest BCUT2D eigenvalue weighted by Gasteiger charge is 2.34. The van der Waals surface area contributed by atoms with Crippen LogP contribution in [0, 0.1) is 5.92 Å². The first-order chi connectivity index (χ1) is 7.64. The van der Waals surface area contributed by atoms with Crippen LogP contribution in [0.1, 0.15) is 51.9 Å². The fourth-order valence-electron chi connectivity index (χ4n) is 3.37. The van der Waals surface area contributed by atoms with E-state index in [2.05, 4.69) is 32.2 Å². The molecular weight excluding hydrogens is 208 g/mol. The quantitative estimate of drug-likeness (QED) is 0.599. The molecule has 1 heteroatoms. The molecule has 0 aromatic heterocycles. The van der Waals surface area contributed by atoms with Crippen LogP contribution in [0.15, 0.2) is 22.5 Å². The Morgan fingerprint density at radius 1 is 1.25 bits per heavy atom. The number of allylic oxidation sites excluding steroid dienone is 4. The predicted molar refractivity (Wildman–Crippen MR) is 75.1 cm³/mol. The fourth-order valence-corrected chi connectivity index (χ4v) is 6.67. The highest BCUT2D eigenvalue weighted by molar-refractivity contribution is 6.90. The molecule has 0 aromatic rings. The summed E-state index contributed by atoms with van der Waals surface area (Å²) in [5.74, 6) is 0.980. The van der Waals surface area contributed by atoms with Gasteiger partial charge in [-0.15, -0.1) is 0 Å². The van der Waals surface area contributed by atoms with E-state index in [1.54, 1.807) is 0 Å². The van der Waals surface area contributed by atoms with Gasteiger partial charge in [0, 0.05) is 0 Å². The second-order valence-electron chi connectivity index (χ2n) is 6.07. The third-order valence-corrected chi connectivity index (χ3v) is 8.62. The van der Waals surface area contributed by atoms with Crippen LogP contribution in [0.3, 0.4) is 0 Å². The molecule has 0 aromatic carbocycles. The molecule has 0 saturated carbocycles. The van der Waals surface area contributed by atoms with E-state index in [-0.39, 0.29) is 0 Å². The van der Waals surface area contributed by atoms with Crippen molar-refractivity contribution in [2.45, 2.75) is 65.0 Å². The molecule has 2 aliphatic carbocycles. The molecule has 0 N–H and O–H groups in total. The topological polar surface area (TPSA) is 0 Å². The third-order valence-electron chi connectivity index (χ3n) is 4.55. The monoisotopic (exact) mass is 234 g/mol. The van der Waals surface area contributed by atoms with Gasteiger partial charge in [0.15, 0.2) is 0 Å². The lowest BCUT2D eigenvalue weighted by molar-refractivity contribution is 0.511. The van der Waals surface area contributed by atoms with E-state index in [0.717, 1.165) is 5.92 Å². The summed E-state index contributed by atoms with van der Waals surface area (Å²) in [5.41, 5.74) is 0. The van der Waals surface area contributed by atoms with Gasteiger partial charge in [-0.2, -0.15) is 0 Å². The number of hydrogen-bond acceptors (Lipinski definition) is 0. The molecule has 0 amide bonds. The summed E-state index contributed by atoms with van der Waals surface area (Å²) in [4.78, 5) is 0. The molecule has 1 atom stereocenters. The fraction of sp³-hybridized carbons (Fsp3) is 0.733. The van der Waals surface area contributed by atoms with Crippen LogP contribution >= 0.6 is 0 Å². The largest absolute Gasteiger partial charge is 0.102 e. The second kappa shape index (κ2) is 4.91. The summed E-state index contributed by atoms with van der Waals surface area (Å²) in [6.07, 6.45) is 14.9. The van der Waals surface area contributed by atoms with Crippen LogP contribution in [-0.2, 0) is 0 Å². The van der Waals surface area contributed by atoms with Crippen LogP contribution in [0.5, 0.6) is 0 Å². The zero-order valence-electron chi connectivity index (χ0n) is 11.2. The van der Waals surface area contributed by atoms with Crippen LogP contribution in [0.25, 0.3) is 0 Å². The summed E-state index contributed by atoms with van der Waals surface area (Å²) < 4.78 is 0. The summed E-state index contributed by atoms with van der Waals surface area (Å²) in [6.45, 7) is 7.47. The Labute approximate surface area is 102 Å². The van der Waals surface area contributed by atoms with Gasteiger partial charge in [0.1, 0.15) is 8.07 Å². The zero-order valence-corrected chi connectivity index (χ0v) is 12.2. The number of rotatable bonds is 4. The lowest BCUT2D eigenvalue weighted by Gasteiger charge is -2.27. The molecule has 90 valence electrons. The Morgan fingerprint density at radius 2 is 2.06 bits per heavy atom. The lowest BCUT2D eigenvalue weighted by Crippen LogP contribution is -2.31. The van der Waals surface area contributed by atoms with E-state index in [9.17, 15) is 0 Å². The van der Waals surface area contributed by atoms with Crippen molar-refractivity contribution in [3.05, 3.63) is 22.5 Å². The summed E-state index contributed by atoms with van der Waals surface area (Å²) in [7, 11) is -1.19. The van der Waals surface area contributed by atoms with E-state index in [4.69, 9.17) is 0 Å². The van der Waals surface area contributed by atoms with Crippen molar-refractivity contribution in [2.75, 3.05) is 0 Å². The molecule has 0 radical (unpaired) electrons. The van der Waals surface area contributed by atoms with Crippen molar-refractivity contribution in [2.24, 2.45) is 5.92 Å². The molecule has 1 unspecified atom stereocenters. The Kier molecular flexibility index (Phi) is 3.73. The van der Waals surface area contributed by atoms with Crippen LogP contribution in [0.2, 0.25) is 13.1 Å². The molecule has 2 rings (SSSR count). The highest BCUT2D eigenvalue weighted by Crippen LogP contribution is 2.39. The van der Waals surface area contributed by atoms with Gasteiger partial charge in [-0.25, -0.2) is 0 Å². The average Bonchev–Trinajstić information content (AvgIpc) is 2.88. The average molecular weight is 234 g/mol. The van der Waals surface area contributed by atoms with E-state index < -0.39 is 8.07 Å². The van der Waals surface area contributed by atoms with Gasteiger partial charge < -0.3 is 0 Å². The van der Waals surface area contributed by atoms with Crippen LogP contribution < -0.4 is 0 Å². The van der Waals surface area contributed by atoms with Gasteiger partial charge in [-0.3, -0.25) is 0 Å². The molecular formula is C15H26Si. The maximum Gasteiger partial charge on any atom is 0.102 e. The van der Waals surface area contributed by atoms with Gasteiger partial charge in [0.2, 0.25) is 0 Å². The van der Waals surface area contributed by atoms with E-state index >= 15 is 0 Å². The summed E-state index contributed by atoms with van der Waals surface area (Å²) in [5, 5.41) is 3.70. The van der Waals surface area contributed by atoms with Gasteiger partial charge in [-0.05, 0) is 38.0 Å². The first-order valence-electron chi connectivity index (χ1n) is 7.03. The van der Waals surface area contributed by atoms with Gasteiger partial charge in [0.05, 0.1) is 0 Å². The first-order valence-corrected chi connectivity index (χ1v) is 10.0. The highest BCUT2D eigenvalue weighted by atomic mass is 28.3. The van der Waals surface area contributed by atoms with Crippen molar-refractivity contribution in [1.29, 1.82) is 0 Å². The minimum atomic E-state index is -1.19. The molecule has 0 spiro atoms. The van der Waals surface area contributed by atoms with Crippen molar-refractivity contribution in [1.82, 2.24) is 0 Å². The summed E-state index contributed by atoms with van der Waals surface area (Å²) in [6, 6.07) is 0. The Hall–Kier alpha value is -0.303. The predicted octanol–water partition coefficient (Wildman–Crippen LogP) is 5.02. The second-order valence-corrected chi connectivity index (χ2v) is 10.6. The maximum absolute atomic E-state index is 2.60. The lowest BCUT2D eigenvalue weighted by atomic mass is 10.0. The molecule has 16 heavy (non-hydrogen) atoms. The molecule has 0 nitrogen and oxygen atoms in total. The van der Waals surface area contributed by atoms with Crippen molar-refractivity contribution in [3.63, 3.8) is 0 Å². The molecule has 0 aliphatic heterocycles. The van der Waals surface area contributed by atoms with E-state index in [0.29, 0.717) is 0 Å². The maximum atomic E-state index is 2.60. The Balaban J connectivity index is 2.02. The molecule has 0 saturated heterocycles. The standard InChI is InChI=1S/C15H26Si/c1-4-7-13-10-11-15(12-13)16(2,3)14-8-5-6-9-14/h8,11,13H,4-7,9-10,12H2,1-3H3. The summed E-state index contributed by atoms with van der Waals surface area (Å²) >= 11 is 0. The van der Waals surface area contributed by atoms with Crippen LogP contribution in [-0.4, -0.2) is 8.07 Å². The normalized spacial score (nSPS) is 25.8. The minimum Gasteiger partial charge on any atom is -0.0888 e. The smallest absolute Gasteiger partial charge is 0.0888 e. The van der Waals surface area contributed by atoms with Gasteiger partial charge in [0.25, 0.3) is 0 Å². The molecule has 2 aliphatic rings. The van der Waals surface area contributed by atoms with Crippen molar-refractivity contribution < 1.29 is 0 Å². The number of hydrogen-bond donors (Lipinski definition) is 0. The van der Waals surface area contributed by atoms with Crippen molar-refractivity contribution in [3.8, 4) is 0 Å². The Bertz CT molecular complexity index is 309. The minimum absolute atomic E-state index is 0.980. The van der Waals surface area contributed by atoms with E-state index in [1.165, 1.54) is 44.9 Å². The van der Waals surface area contributed by atoms with E-state index in [1.807, 2.05) is 10.4 Å². The molecule has 0 bridgehead atoms. The third kappa shape index (κ3) is 2.34. The zero-order chi connectivity index (χ0) is 11.6. The first kappa shape index (κ1) is 12.2. The Morgan fingerprint density at radius 3 is 2.69 bits per heavy atom. The van der Waals surface area contributed by atoms with Gasteiger partial charge in [-0.1, -0.05) is 55.4 Å². The molecule has 0 heterocycles. The SMILES string of the molecule is CCCC1CC=C([Si](C)(C)C2=CCCC2)C1. The van der Waals surface area contributed by atoms with Gasteiger partial charge >= 0.3 is 0 Å². The van der Waals surface area contributed by atoms with Crippen molar-refractivity contribution >= 4 is 8.07 Å².